The molecule has 8 nitrogen and oxygen atoms in total. The number of esters is 1. The molecule has 29 heavy (non-hydrogen) atoms. The van der Waals surface area contributed by atoms with E-state index in [1.54, 1.807) is 12.1 Å². The molecule has 8 heteroatoms. The molecule has 1 saturated heterocycles. The minimum absolute atomic E-state index is 0.386. The second-order valence-electron chi connectivity index (χ2n) is 7.75. The quantitative estimate of drug-likeness (QED) is 0.540. The van der Waals surface area contributed by atoms with E-state index in [0.717, 1.165) is 24.2 Å². The second kappa shape index (κ2) is 8.63. The largest absolute Gasteiger partial charge is 0.454 e. The van der Waals surface area contributed by atoms with Crippen LogP contribution in [-0.4, -0.2) is 47.4 Å². The van der Waals surface area contributed by atoms with Crippen molar-refractivity contribution in [2.24, 2.45) is 0 Å². The first-order valence-corrected chi connectivity index (χ1v) is 10.0. The molecule has 1 aliphatic heterocycles. The third kappa shape index (κ3) is 4.58. The van der Waals surface area contributed by atoms with E-state index in [9.17, 15) is 19.2 Å². The zero-order valence-electron chi connectivity index (χ0n) is 16.8. The molecule has 1 heterocycles. The molecule has 4 amide bonds. The Kier molecular flexibility index (Phi) is 6.20. The number of benzene rings is 1. The van der Waals surface area contributed by atoms with E-state index in [1.807, 2.05) is 12.1 Å². The number of amides is 4. The summed E-state index contributed by atoms with van der Waals surface area (Å²) in [6.07, 6.45) is 3.93. The highest BCUT2D eigenvalue weighted by molar-refractivity contribution is 6.09. The number of ether oxygens (including phenoxy) is 1. The fourth-order valence-electron chi connectivity index (χ4n) is 3.79. The molecule has 2 aliphatic rings. The molecule has 2 N–H and O–H groups in total. The minimum atomic E-state index is -0.865. The molecule has 1 saturated carbocycles. The van der Waals surface area contributed by atoms with Gasteiger partial charge in [0.1, 0.15) is 12.1 Å². The summed E-state index contributed by atoms with van der Waals surface area (Å²) in [5, 5.41) is 5.36. The summed E-state index contributed by atoms with van der Waals surface area (Å²) in [7, 11) is 0. The first-order chi connectivity index (χ1) is 13.8. The lowest BCUT2D eigenvalue weighted by molar-refractivity contribution is -0.150. The van der Waals surface area contributed by atoms with Gasteiger partial charge in [-0.05, 0) is 42.9 Å². The lowest BCUT2D eigenvalue weighted by Gasteiger charge is -2.19. The maximum atomic E-state index is 12.5. The predicted octanol–water partition coefficient (Wildman–Crippen LogP) is 2.55. The summed E-state index contributed by atoms with van der Waals surface area (Å²) < 4.78 is 4.94. The number of anilines is 1. The maximum Gasteiger partial charge on any atom is 0.326 e. The number of hydrogen-bond acceptors (Lipinski definition) is 5. The van der Waals surface area contributed by atoms with Crippen molar-refractivity contribution >= 4 is 29.5 Å². The van der Waals surface area contributed by atoms with Crippen molar-refractivity contribution in [3.8, 4) is 0 Å². The van der Waals surface area contributed by atoms with E-state index < -0.39 is 36.6 Å². The molecular formula is C21H27N3O5. The van der Waals surface area contributed by atoms with Gasteiger partial charge in [-0.3, -0.25) is 19.3 Å². The summed E-state index contributed by atoms with van der Waals surface area (Å²) >= 11 is 0. The molecule has 1 spiro atoms. The van der Waals surface area contributed by atoms with Gasteiger partial charge in [0, 0.05) is 5.69 Å². The molecule has 3 rings (SSSR count). The lowest BCUT2D eigenvalue weighted by Crippen LogP contribution is -2.44. The van der Waals surface area contributed by atoms with Crippen LogP contribution in [0, 0.1) is 0 Å². The van der Waals surface area contributed by atoms with Crippen LogP contribution in [0.15, 0.2) is 24.3 Å². The van der Waals surface area contributed by atoms with Crippen molar-refractivity contribution in [2.75, 3.05) is 18.5 Å². The predicted molar refractivity (Wildman–Crippen MR) is 106 cm³/mol. The number of rotatable bonds is 7. The standard InChI is InChI=1S/C21H27N3O5/c1-3-14(2)15-6-8-16(9-7-15)22-17(25)13-29-18(26)12-24-19(27)21(23-20(24)28)10-4-5-11-21/h6-9,14H,3-5,10-13H2,1-2H3,(H,22,25)(H,23,28)/t14-/m1/s1. The van der Waals surface area contributed by atoms with Crippen LogP contribution in [0.2, 0.25) is 0 Å². The lowest BCUT2D eigenvalue weighted by atomic mass is 9.98. The van der Waals surface area contributed by atoms with Crippen molar-refractivity contribution in [2.45, 2.75) is 57.4 Å². The second-order valence-corrected chi connectivity index (χ2v) is 7.75. The van der Waals surface area contributed by atoms with Gasteiger partial charge in [0.2, 0.25) is 0 Å². The highest BCUT2D eigenvalue weighted by Gasteiger charge is 2.52. The van der Waals surface area contributed by atoms with Crippen LogP contribution in [0.4, 0.5) is 10.5 Å². The maximum absolute atomic E-state index is 12.5. The first kappa shape index (κ1) is 20.8. The highest BCUT2D eigenvalue weighted by Crippen LogP contribution is 2.34. The Morgan fingerprint density at radius 3 is 2.48 bits per heavy atom. The van der Waals surface area contributed by atoms with Crippen LogP contribution in [0.1, 0.15) is 57.4 Å². The van der Waals surface area contributed by atoms with Crippen molar-refractivity contribution in [3.63, 3.8) is 0 Å². The highest BCUT2D eigenvalue weighted by atomic mass is 16.5. The summed E-state index contributed by atoms with van der Waals surface area (Å²) in [4.78, 5) is 49.5. The third-order valence-electron chi connectivity index (χ3n) is 5.73. The molecule has 0 unspecified atom stereocenters. The van der Waals surface area contributed by atoms with E-state index in [4.69, 9.17) is 4.74 Å². The number of nitrogens with one attached hydrogen (secondary N) is 2. The Labute approximate surface area is 170 Å². The zero-order valence-corrected chi connectivity index (χ0v) is 16.8. The van der Waals surface area contributed by atoms with Gasteiger partial charge in [-0.2, -0.15) is 0 Å². The van der Waals surface area contributed by atoms with E-state index >= 15 is 0 Å². The summed E-state index contributed by atoms with van der Waals surface area (Å²) in [6, 6.07) is 6.92. The van der Waals surface area contributed by atoms with Gasteiger partial charge in [0.05, 0.1) is 0 Å². The van der Waals surface area contributed by atoms with Gasteiger partial charge >= 0.3 is 12.0 Å². The topological polar surface area (TPSA) is 105 Å². The Balaban J connectivity index is 1.46. The smallest absolute Gasteiger partial charge is 0.326 e. The average molecular weight is 401 g/mol. The van der Waals surface area contributed by atoms with Crippen LogP contribution in [0.5, 0.6) is 0 Å². The fraction of sp³-hybridized carbons (Fsp3) is 0.524. The number of nitrogens with zero attached hydrogens (tertiary/aromatic N) is 1. The van der Waals surface area contributed by atoms with Gasteiger partial charge in [-0.25, -0.2) is 4.79 Å². The molecule has 156 valence electrons. The molecule has 1 atom stereocenters. The number of hydrogen-bond donors (Lipinski definition) is 2. The normalized spacial score (nSPS) is 18.6. The third-order valence-corrected chi connectivity index (χ3v) is 5.73. The van der Waals surface area contributed by atoms with Gasteiger partial charge in [0.15, 0.2) is 6.61 Å². The Bertz CT molecular complexity index is 799. The van der Waals surface area contributed by atoms with Gasteiger partial charge in [-0.15, -0.1) is 0 Å². The summed E-state index contributed by atoms with van der Waals surface area (Å²) in [5.74, 6) is -1.23. The Hall–Kier alpha value is -2.90. The van der Waals surface area contributed by atoms with Gasteiger partial charge in [0.25, 0.3) is 11.8 Å². The number of carbonyl (C=O) groups excluding carboxylic acids is 4. The van der Waals surface area contributed by atoms with Gasteiger partial charge < -0.3 is 15.4 Å². The number of urea groups is 1. The molecule has 0 bridgehead atoms. The first-order valence-electron chi connectivity index (χ1n) is 10.0. The van der Waals surface area contributed by atoms with Crippen molar-refractivity contribution in [1.29, 1.82) is 0 Å². The molecule has 1 aromatic rings. The minimum Gasteiger partial charge on any atom is -0.454 e. The SMILES string of the molecule is CC[C@@H](C)c1ccc(NC(=O)COC(=O)CN2C(=O)NC3(CCCC3)C2=O)cc1. The van der Waals surface area contributed by atoms with Crippen LogP contribution >= 0.6 is 0 Å². The van der Waals surface area contributed by atoms with Crippen LogP contribution in [0.3, 0.4) is 0 Å². The molecular weight excluding hydrogens is 374 g/mol. The summed E-state index contributed by atoms with van der Waals surface area (Å²) in [5.41, 5.74) is 0.928. The zero-order chi connectivity index (χ0) is 21.0. The fourth-order valence-corrected chi connectivity index (χ4v) is 3.79. The molecule has 1 aromatic carbocycles. The summed E-state index contributed by atoms with van der Waals surface area (Å²) in [6.45, 7) is 3.26. The van der Waals surface area contributed by atoms with E-state index in [-0.39, 0.29) is 5.91 Å². The number of carbonyl (C=O) groups is 4. The molecule has 1 aliphatic carbocycles. The van der Waals surface area contributed by atoms with Crippen LogP contribution < -0.4 is 10.6 Å². The average Bonchev–Trinajstić information content (AvgIpc) is 3.27. The van der Waals surface area contributed by atoms with Crippen LogP contribution in [0.25, 0.3) is 0 Å². The van der Waals surface area contributed by atoms with Crippen molar-refractivity contribution in [1.82, 2.24) is 10.2 Å². The van der Waals surface area contributed by atoms with E-state index in [1.165, 1.54) is 5.56 Å². The van der Waals surface area contributed by atoms with E-state index in [0.29, 0.717) is 24.4 Å². The van der Waals surface area contributed by atoms with Crippen LogP contribution in [-0.2, 0) is 19.1 Å². The van der Waals surface area contributed by atoms with E-state index in [2.05, 4.69) is 24.5 Å². The molecule has 0 aromatic heterocycles. The van der Waals surface area contributed by atoms with Crippen molar-refractivity contribution < 1.29 is 23.9 Å². The molecule has 2 fully saturated rings. The monoisotopic (exact) mass is 401 g/mol. The number of imide groups is 1. The van der Waals surface area contributed by atoms with Crippen molar-refractivity contribution in [3.05, 3.63) is 29.8 Å². The Morgan fingerprint density at radius 1 is 1.21 bits per heavy atom. The molecule has 0 radical (unpaired) electrons. The Morgan fingerprint density at radius 2 is 1.86 bits per heavy atom. The van der Waals surface area contributed by atoms with Gasteiger partial charge in [-0.1, -0.05) is 38.8 Å².